The first-order valence-corrected chi connectivity index (χ1v) is 7.13. The third kappa shape index (κ3) is 4.16. The summed E-state index contributed by atoms with van der Waals surface area (Å²) in [5.41, 5.74) is 4.56. The fraction of sp³-hybridized carbons (Fsp3) is 0.333. The molecule has 20 heavy (non-hydrogen) atoms. The zero-order valence-electron chi connectivity index (χ0n) is 11.6. The van der Waals surface area contributed by atoms with E-state index in [4.69, 9.17) is 0 Å². The van der Waals surface area contributed by atoms with E-state index < -0.39 is 0 Å². The maximum Gasteiger partial charge on any atom is 0.0897 e. The van der Waals surface area contributed by atoms with E-state index in [9.17, 15) is 8.78 Å². The predicted molar refractivity (Wildman–Crippen MR) is 80.5 cm³/mol. The van der Waals surface area contributed by atoms with Gasteiger partial charge < -0.3 is 0 Å². The molecule has 2 aromatic rings. The van der Waals surface area contributed by atoms with E-state index in [2.05, 4.69) is 30.3 Å². The molecule has 0 bridgehead atoms. The number of halogens is 2. The SMILES string of the molecule is FCCCc1cc(CCCF)cc(-c2ccccc2)c1. The molecule has 0 saturated carbocycles. The summed E-state index contributed by atoms with van der Waals surface area (Å²) >= 11 is 0. The smallest absolute Gasteiger partial charge is 0.0897 e. The van der Waals surface area contributed by atoms with Gasteiger partial charge in [0.2, 0.25) is 0 Å². The predicted octanol–water partition coefficient (Wildman–Crippen LogP) is 5.16. The average Bonchev–Trinajstić information content (AvgIpc) is 2.51. The Balaban J connectivity index is 2.29. The summed E-state index contributed by atoms with van der Waals surface area (Å²) in [5, 5.41) is 0. The van der Waals surface area contributed by atoms with Crippen molar-refractivity contribution >= 4 is 0 Å². The number of hydrogen-bond acceptors (Lipinski definition) is 0. The van der Waals surface area contributed by atoms with Crippen molar-refractivity contribution in [3.05, 3.63) is 59.7 Å². The van der Waals surface area contributed by atoms with Gasteiger partial charge in [-0.1, -0.05) is 48.5 Å². The van der Waals surface area contributed by atoms with E-state index >= 15 is 0 Å². The molecule has 0 N–H and O–H groups in total. The highest BCUT2D eigenvalue weighted by Gasteiger charge is 2.04. The molecule has 0 aliphatic rings. The Morgan fingerprint density at radius 3 is 1.70 bits per heavy atom. The van der Waals surface area contributed by atoms with Crippen molar-refractivity contribution in [1.29, 1.82) is 0 Å². The third-order valence-electron chi connectivity index (χ3n) is 3.36. The van der Waals surface area contributed by atoms with Crippen LogP contribution in [0.15, 0.2) is 48.5 Å². The Bertz CT molecular complexity index is 494. The van der Waals surface area contributed by atoms with E-state index in [0.29, 0.717) is 12.8 Å². The zero-order chi connectivity index (χ0) is 14.2. The zero-order valence-corrected chi connectivity index (χ0v) is 11.6. The van der Waals surface area contributed by atoms with Crippen molar-refractivity contribution in [3.63, 3.8) is 0 Å². The van der Waals surface area contributed by atoms with E-state index in [0.717, 1.165) is 35.1 Å². The number of hydrogen-bond donors (Lipinski definition) is 0. The van der Waals surface area contributed by atoms with Gasteiger partial charge >= 0.3 is 0 Å². The second kappa shape index (κ2) is 7.78. The lowest BCUT2D eigenvalue weighted by Gasteiger charge is -2.09. The average molecular weight is 274 g/mol. The van der Waals surface area contributed by atoms with E-state index in [-0.39, 0.29) is 13.3 Å². The first-order valence-electron chi connectivity index (χ1n) is 7.13. The monoisotopic (exact) mass is 274 g/mol. The first-order chi connectivity index (χ1) is 9.83. The van der Waals surface area contributed by atoms with Gasteiger partial charge in [-0.2, -0.15) is 0 Å². The van der Waals surface area contributed by atoms with Crippen LogP contribution in [-0.4, -0.2) is 13.3 Å². The van der Waals surface area contributed by atoms with Crippen molar-refractivity contribution < 1.29 is 8.78 Å². The van der Waals surface area contributed by atoms with Crippen LogP contribution in [0.2, 0.25) is 0 Å². The summed E-state index contributed by atoms with van der Waals surface area (Å²) in [6, 6.07) is 16.4. The van der Waals surface area contributed by atoms with Crippen LogP contribution in [0.4, 0.5) is 8.78 Å². The second-order valence-corrected chi connectivity index (χ2v) is 4.99. The molecule has 0 aromatic heterocycles. The quantitative estimate of drug-likeness (QED) is 0.654. The van der Waals surface area contributed by atoms with Crippen LogP contribution >= 0.6 is 0 Å². The Morgan fingerprint density at radius 1 is 0.650 bits per heavy atom. The van der Waals surface area contributed by atoms with Crippen LogP contribution in [0, 0.1) is 0 Å². The minimum Gasteiger partial charge on any atom is -0.251 e. The Morgan fingerprint density at radius 2 is 1.20 bits per heavy atom. The van der Waals surface area contributed by atoms with Crippen molar-refractivity contribution in [1.82, 2.24) is 0 Å². The fourth-order valence-corrected chi connectivity index (χ4v) is 2.39. The van der Waals surface area contributed by atoms with Crippen LogP contribution < -0.4 is 0 Å². The molecule has 0 fully saturated rings. The molecule has 0 heterocycles. The lowest BCUT2D eigenvalue weighted by Crippen LogP contribution is -1.94. The normalized spacial score (nSPS) is 10.7. The highest BCUT2D eigenvalue weighted by molar-refractivity contribution is 5.65. The molecule has 0 amide bonds. The molecule has 2 rings (SSSR count). The molecule has 0 radical (unpaired) electrons. The summed E-state index contributed by atoms with van der Waals surface area (Å²) in [6.45, 7) is -0.593. The lowest BCUT2D eigenvalue weighted by molar-refractivity contribution is 0.471. The fourth-order valence-electron chi connectivity index (χ4n) is 2.39. The summed E-state index contributed by atoms with van der Waals surface area (Å²) in [5.74, 6) is 0. The summed E-state index contributed by atoms with van der Waals surface area (Å²) in [4.78, 5) is 0. The summed E-state index contributed by atoms with van der Waals surface area (Å²) in [7, 11) is 0. The maximum absolute atomic E-state index is 12.4. The van der Waals surface area contributed by atoms with Crippen LogP contribution in [0.25, 0.3) is 11.1 Å². The maximum atomic E-state index is 12.4. The van der Waals surface area contributed by atoms with Crippen molar-refractivity contribution in [2.45, 2.75) is 25.7 Å². The number of rotatable bonds is 7. The molecular weight excluding hydrogens is 254 g/mol. The molecule has 0 nitrogen and oxygen atoms in total. The molecule has 2 aromatic carbocycles. The summed E-state index contributed by atoms with van der Waals surface area (Å²) in [6.07, 6.45) is 2.56. The molecule has 0 saturated heterocycles. The molecule has 0 atom stereocenters. The Labute approximate surface area is 119 Å². The van der Waals surface area contributed by atoms with Crippen LogP contribution in [0.1, 0.15) is 24.0 Å². The van der Waals surface area contributed by atoms with Gasteiger partial charge in [0.15, 0.2) is 0 Å². The highest BCUT2D eigenvalue weighted by Crippen LogP contribution is 2.24. The molecule has 2 heteroatoms. The van der Waals surface area contributed by atoms with E-state index in [1.807, 2.05) is 18.2 Å². The van der Waals surface area contributed by atoms with Gasteiger partial charge in [0, 0.05) is 0 Å². The van der Waals surface area contributed by atoms with Gasteiger partial charge in [-0.3, -0.25) is 8.78 Å². The van der Waals surface area contributed by atoms with Crippen molar-refractivity contribution in [2.24, 2.45) is 0 Å². The number of aryl methyl sites for hydroxylation is 2. The van der Waals surface area contributed by atoms with E-state index in [1.165, 1.54) is 0 Å². The summed E-state index contributed by atoms with van der Waals surface area (Å²) < 4.78 is 24.7. The molecule has 0 spiro atoms. The minimum atomic E-state index is -0.296. The van der Waals surface area contributed by atoms with E-state index in [1.54, 1.807) is 0 Å². The van der Waals surface area contributed by atoms with Crippen molar-refractivity contribution in [2.75, 3.05) is 13.3 Å². The minimum absolute atomic E-state index is 0.296. The Kier molecular flexibility index (Phi) is 5.72. The van der Waals surface area contributed by atoms with Gasteiger partial charge in [0.1, 0.15) is 0 Å². The van der Waals surface area contributed by atoms with Gasteiger partial charge in [-0.05, 0) is 47.9 Å². The van der Waals surface area contributed by atoms with Crippen LogP contribution in [-0.2, 0) is 12.8 Å². The molecule has 0 aliphatic carbocycles. The van der Waals surface area contributed by atoms with Gasteiger partial charge in [-0.15, -0.1) is 0 Å². The molecular formula is C18H20F2. The van der Waals surface area contributed by atoms with Gasteiger partial charge in [0.05, 0.1) is 13.3 Å². The Hall–Kier alpha value is -1.70. The van der Waals surface area contributed by atoms with Crippen molar-refractivity contribution in [3.8, 4) is 11.1 Å². The number of alkyl halides is 2. The second-order valence-electron chi connectivity index (χ2n) is 4.99. The molecule has 0 aliphatic heterocycles. The molecule has 106 valence electrons. The lowest BCUT2D eigenvalue weighted by atomic mass is 9.96. The standard InChI is InChI=1S/C18H20F2/c19-10-4-6-15-12-16(7-5-11-20)14-18(13-15)17-8-2-1-3-9-17/h1-3,8-9,12-14H,4-7,10-11H2. The first kappa shape index (κ1) is 14.7. The van der Waals surface area contributed by atoms with Gasteiger partial charge in [0.25, 0.3) is 0 Å². The number of benzene rings is 2. The molecule has 0 unspecified atom stereocenters. The third-order valence-corrected chi connectivity index (χ3v) is 3.36. The highest BCUT2D eigenvalue weighted by atomic mass is 19.1. The van der Waals surface area contributed by atoms with Gasteiger partial charge in [-0.25, -0.2) is 0 Å². The van der Waals surface area contributed by atoms with Crippen LogP contribution in [0.3, 0.4) is 0 Å². The largest absolute Gasteiger partial charge is 0.251 e. The topological polar surface area (TPSA) is 0 Å². The van der Waals surface area contributed by atoms with Crippen LogP contribution in [0.5, 0.6) is 0 Å².